The van der Waals surface area contributed by atoms with Crippen LogP contribution in [0.3, 0.4) is 0 Å². The van der Waals surface area contributed by atoms with Crippen LogP contribution in [0, 0.1) is 5.82 Å². The molecule has 100 valence electrons. The number of anilines is 1. The molecule has 0 aliphatic carbocycles. The predicted molar refractivity (Wildman–Crippen MR) is 77.4 cm³/mol. The topological polar surface area (TPSA) is 29.3 Å². The van der Waals surface area contributed by atoms with Crippen LogP contribution in [0.2, 0.25) is 5.02 Å². The molecule has 0 saturated carbocycles. The minimum Gasteiger partial charge on any atom is -0.399 e. The van der Waals surface area contributed by atoms with Crippen molar-refractivity contribution in [2.75, 3.05) is 12.8 Å². The van der Waals surface area contributed by atoms with E-state index in [2.05, 4.69) is 0 Å². The molecule has 2 aromatic carbocycles. The van der Waals surface area contributed by atoms with E-state index in [0.717, 1.165) is 17.8 Å². The third kappa shape index (κ3) is 3.94. The molecule has 2 rings (SSSR count). The molecule has 0 aliphatic rings. The van der Waals surface area contributed by atoms with Crippen molar-refractivity contribution >= 4 is 17.3 Å². The zero-order valence-electron chi connectivity index (χ0n) is 10.7. The maximum atomic E-state index is 13.7. The summed E-state index contributed by atoms with van der Waals surface area (Å²) in [6, 6.07) is 12.5. The van der Waals surface area contributed by atoms with Gasteiger partial charge < -0.3 is 5.73 Å². The first-order chi connectivity index (χ1) is 9.04. The van der Waals surface area contributed by atoms with Crippen LogP contribution in [-0.4, -0.2) is 11.9 Å². The molecule has 0 atom stereocenters. The summed E-state index contributed by atoms with van der Waals surface area (Å²) in [4.78, 5) is 2.04. The Bertz CT molecular complexity index is 555. The van der Waals surface area contributed by atoms with E-state index in [9.17, 15) is 4.39 Å². The molecule has 0 unspecified atom stereocenters. The molecule has 19 heavy (non-hydrogen) atoms. The van der Waals surface area contributed by atoms with Gasteiger partial charge in [0.25, 0.3) is 0 Å². The lowest BCUT2D eigenvalue weighted by Crippen LogP contribution is -2.18. The highest BCUT2D eigenvalue weighted by molar-refractivity contribution is 6.30. The van der Waals surface area contributed by atoms with Crippen molar-refractivity contribution in [2.45, 2.75) is 13.1 Å². The molecule has 4 heteroatoms. The van der Waals surface area contributed by atoms with Gasteiger partial charge in [-0.15, -0.1) is 0 Å². The number of hydrogen-bond acceptors (Lipinski definition) is 2. The Morgan fingerprint density at radius 1 is 1.11 bits per heavy atom. The Balaban J connectivity index is 2.01. The van der Waals surface area contributed by atoms with Gasteiger partial charge in [-0.1, -0.05) is 29.8 Å². The van der Waals surface area contributed by atoms with Crippen molar-refractivity contribution in [3.8, 4) is 0 Å². The van der Waals surface area contributed by atoms with Gasteiger partial charge in [0, 0.05) is 29.4 Å². The summed E-state index contributed by atoms with van der Waals surface area (Å²) < 4.78 is 13.7. The first-order valence-electron chi connectivity index (χ1n) is 6.01. The average molecular weight is 279 g/mol. The Morgan fingerprint density at radius 3 is 2.42 bits per heavy atom. The van der Waals surface area contributed by atoms with E-state index in [1.165, 1.54) is 6.07 Å². The highest BCUT2D eigenvalue weighted by Crippen LogP contribution is 2.17. The van der Waals surface area contributed by atoms with E-state index in [4.69, 9.17) is 17.3 Å². The molecule has 0 saturated heterocycles. The second-order valence-corrected chi connectivity index (χ2v) is 5.09. The second kappa shape index (κ2) is 6.04. The number of benzene rings is 2. The summed E-state index contributed by atoms with van der Waals surface area (Å²) in [6.07, 6.45) is 0. The van der Waals surface area contributed by atoms with E-state index >= 15 is 0 Å². The van der Waals surface area contributed by atoms with Crippen molar-refractivity contribution < 1.29 is 4.39 Å². The zero-order chi connectivity index (χ0) is 13.8. The lowest BCUT2D eigenvalue weighted by molar-refractivity contribution is 0.313. The highest BCUT2D eigenvalue weighted by Gasteiger charge is 2.07. The molecule has 0 aromatic heterocycles. The molecule has 2 N–H and O–H groups in total. The third-order valence-corrected chi connectivity index (χ3v) is 3.12. The molecule has 0 spiro atoms. The fraction of sp³-hybridized carbons (Fsp3) is 0.200. The molecular formula is C15H16ClFN2. The van der Waals surface area contributed by atoms with Crippen molar-refractivity contribution in [3.63, 3.8) is 0 Å². The van der Waals surface area contributed by atoms with Crippen molar-refractivity contribution in [1.82, 2.24) is 4.90 Å². The van der Waals surface area contributed by atoms with Gasteiger partial charge in [0.1, 0.15) is 5.82 Å². The maximum Gasteiger partial charge on any atom is 0.129 e. The summed E-state index contributed by atoms with van der Waals surface area (Å²) in [5.41, 5.74) is 8.17. The average Bonchev–Trinajstić information content (AvgIpc) is 2.36. The first kappa shape index (κ1) is 13.8. The minimum atomic E-state index is -0.267. The largest absolute Gasteiger partial charge is 0.399 e. The smallest absolute Gasteiger partial charge is 0.129 e. The Hall–Kier alpha value is -1.58. The van der Waals surface area contributed by atoms with Crippen LogP contribution in [0.25, 0.3) is 0 Å². The van der Waals surface area contributed by atoms with Crippen molar-refractivity contribution in [1.29, 1.82) is 0 Å². The standard InChI is InChI=1S/C15H16ClFN2/c1-19(9-11-2-6-14(18)7-3-11)10-12-4-5-13(16)8-15(12)17/h2-8H,9-10,18H2,1H3. The zero-order valence-corrected chi connectivity index (χ0v) is 11.5. The lowest BCUT2D eigenvalue weighted by atomic mass is 10.1. The number of rotatable bonds is 4. The number of nitrogens with two attached hydrogens (primary N) is 1. The molecule has 0 aliphatic heterocycles. The van der Waals surface area contributed by atoms with Crippen LogP contribution in [0.5, 0.6) is 0 Å². The van der Waals surface area contributed by atoms with Crippen LogP contribution in [0.15, 0.2) is 42.5 Å². The van der Waals surface area contributed by atoms with Crippen molar-refractivity contribution in [2.24, 2.45) is 0 Å². The molecule has 0 heterocycles. The number of halogens is 2. The van der Waals surface area contributed by atoms with Gasteiger partial charge in [0.15, 0.2) is 0 Å². The number of hydrogen-bond donors (Lipinski definition) is 1. The summed E-state index contributed by atoms with van der Waals surface area (Å²) in [6.45, 7) is 1.27. The summed E-state index contributed by atoms with van der Waals surface area (Å²) in [5, 5.41) is 0.419. The van der Waals surface area contributed by atoms with Gasteiger partial charge >= 0.3 is 0 Å². The molecule has 0 bridgehead atoms. The number of nitrogens with zero attached hydrogens (tertiary/aromatic N) is 1. The predicted octanol–water partition coefficient (Wildman–Crippen LogP) is 3.69. The summed E-state index contributed by atoms with van der Waals surface area (Å²) >= 11 is 5.73. The maximum absolute atomic E-state index is 13.7. The van der Waals surface area contributed by atoms with Crippen LogP contribution in [0.1, 0.15) is 11.1 Å². The SMILES string of the molecule is CN(Cc1ccc(N)cc1)Cc1ccc(Cl)cc1F. The van der Waals surface area contributed by atoms with Crippen LogP contribution in [-0.2, 0) is 13.1 Å². The molecular weight excluding hydrogens is 263 g/mol. The van der Waals surface area contributed by atoms with E-state index in [1.807, 2.05) is 36.2 Å². The molecule has 2 nitrogen and oxygen atoms in total. The Morgan fingerprint density at radius 2 is 1.79 bits per heavy atom. The number of nitrogen functional groups attached to an aromatic ring is 1. The fourth-order valence-electron chi connectivity index (χ4n) is 1.93. The van der Waals surface area contributed by atoms with E-state index in [0.29, 0.717) is 17.1 Å². The van der Waals surface area contributed by atoms with Crippen LogP contribution >= 0.6 is 11.6 Å². The van der Waals surface area contributed by atoms with E-state index in [1.54, 1.807) is 12.1 Å². The van der Waals surface area contributed by atoms with Gasteiger partial charge in [0.2, 0.25) is 0 Å². The normalized spacial score (nSPS) is 10.9. The van der Waals surface area contributed by atoms with Crippen LogP contribution < -0.4 is 5.73 Å². The fourth-order valence-corrected chi connectivity index (χ4v) is 2.09. The van der Waals surface area contributed by atoms with Gasteiger partial charge in [-0.2, -0.15) is 0 Å². The molecule has 0 fully saturated rings. The molecule has 0 amide bonds. The Labute approximate surface area is 117 Å². The summed E-state index contributed by atoms with van der Waals surface area (Å²) in [7, 11) is 1.95. The highest BCUT2D eigenvalue weighted by atomic mass is 35.5. The lowest BCUT2D eigenvalue weighted by Gasteiger charge is -2.17. The van der Waals surface area contributed by atoms with E-state index in [-0.39, 0.29) is 5.82 Å². The molecule has 0 radical (unpaired) electrons. The second-order valence-electron chi connectivity index (χ2n) is 4.65. The van der Waals surface area contributed by atoms with Gasteiger partial charge in [-0.25, -0.2) is 4.39 Å². The Kier molecular flexibility index (Phi) is 4.40. The monoisotopic (exact) mass is 278 g/mol. The van der Waals surface area contributed by atoms with Crippen LogP contribution in [0.4, 0.5) is 10.1 Å². The van der Waals surface area contributed by atoms with Gasteiger partial charge in [-0.3, -0.25) is 4.90 Å². The van der Waals surface area contributed by atoms with Crippen molar-refractivity contribution in [3.05, 3.63) is 64.4 Å². The third-order valence-electron chi connectivity index (χ3n) is 2.89. The summed E-state index contributed by atoms with van der Waals surface area (Å²) in [5.74, 6) is -0.267. The van der Waals surface area contributed by atoms with Gasteiger partial charge in [0.05, 0.1) is 0 Å². The van der Waals surface area contributed by atoms with Gasteiger partial charge in [-0.05, 0) is 36.9 Å². The molecule has 2 aromatic rings. The minimum absolute atomic E-state index is 0.267. The van der Waals surface area contributed by atoms with E-state index < -0.39 is 0 Å². The quantitative estimate of drug-likeness (QED) is 0.864. The first-order valence-corrected chi connectivity index (χ1v) is 6.39.